The lowest BCUT2D eigenvalue weighted by Crippen LogP contribution is -2.25. The number of anilines is 1. The molecule has 1 heterocycles. The van der Waals surface area contributed by atoms with E-state index >= 15 is 0 Å². The lowest BCUT2D eigenvalue weighted by atomic mass is 9.93. The van der Waals surface area contributed by atoms with Crippen molar-refractivity contribution in [1.82, 2.24) is 10.2 Å². The molecule has 1 aromatic carbocycles. The number of fused-ring (bicyclic) bond motifs is 3. The zero-order chi connectivity index (χ0) is 13.7. The number of aromatic nitrogens is 2. The molecule has 0 aliphatic heterocycles. The summed E-state index contributed by atoms with van der Waals surface area (Å²) in [4.78, 5) is 12.3. The molecular weight excluding hydrogens is 257 g/mol. The van der Waals surface area contributed by atoms with Gasteiger partial charge in [-0.3, -0.25) is 9.89 Å². The molecule has 2 aromatic rings. The van der Waals surface area contributed by atoms with Crippen LogP contribution >= 0.6 is 0 Å². The lowest BCUT2D eigenvalue weighted by Gasteiger charge is -2.17. The highest BCUT2D eigenvalue weighted by molar-refractivity contribution is 5.95. The van der Waals surface area contributed by atoms with Crippen molar-refractivity contribution in [2.75, 3.05) is 5.32 Å². The second kappa shape index (κ2) is 4.16. The fourth-order valence-electron chi connectivity index (χ4n) is 3.37. The molecule has 0 radical (unpaired) electrons. The molecular formula is C15H14FN3O. The number of H-pyrrole nitrogens is 1. The fourth-order valence-corrected chi connectivity index (χ4v) is 3.37. The van der Waals surface area contributed by atoms with Crippen LogP contribution in [0.1, 0.15) is 12.8 Å². The molecule has 4 rings (SSSR count). The summed E-state index contributed by atoms with van der Waals surface area (Å²) >= 11 is 0. The van der Waals surface area contributed by atoms with Crippen molar-refractivity contribution in [3.63, 3.8) is 0 Å². The SMILES string of the molecule is O=C(Nc1ccc2c(F)[nH]nc2c1)C1CC2C=CC1C2. The first-order valence-electron chi connectivity index (χ1n) is 6.83. The van der Waals surface area contributed by atoms with Crippen LogP contribution < -0.4 is 5.32 Å². The van der Waals surface area contributed by atoms with E-state index in [2.05, 4.69) is 27.7 Å². The number of nitrogens with one attached hydrogen (secondary N) is 2. The van der Waals surface area contributed by atoms with Crippen molar-refractivity contribution in [3.8, 4) is 0 Å². The van der Waals surface area contributed by atoms with Gasteiger partial charge in [0.05, 0.1) is 10.9 Å². The van der Waals surface area contributed by atoms with Crippen molar-refractivity contribution >= 4 is 22.5 Å². The Balaban J connectivity index is 1.55. The first-order chi connectivity index (χ1) is 9.70. The predicted molar refractivity (Wildman–Crippen MR) is 73.5 cm³/mol. The van der Waals surface area contributed by atoms with Gasteiger partial charge in [-0.25, -0.2) is 0 Å². The van der Waals surface area contributed by atoms with Crippen LogP contribution in [0.2, 0.25) is 0 Å². The molecule has 3 unspecified atom stereocenters. The summed E-state index contributed by atoms with van der Waals surface area (Å²) in [6, 6.07) is 5.03. The summed E-state index contributed by atoms with van der Waals surface area (Å²) in [5.74, 6) is 0.621. The third kappa shape index (κ3) is 1.73. The van der Waals surface area contributed by atoms with Gasteiger partial charge in [0.1, 0.15) is 0 Å². The third-order valence-electron chi connectivity index (χ3n) is 4.39. The van der Waals surface area contributed by atoms with Gasteiger partial charge in [0.2, 0.25) is 11.9 Å². The molecule has 5 heteroatoms. The molecule has 2 N–H and O–H groups in total. The summed E-state index contributed by atoms with van der Waals surface area (Å²) in [6.07, 6.45) is 6.41. The number of hydrogen-bond donors (Lipinski definition) is 2. The van der Waals surface area contributed by atoms with Crippen LogP contribution in [0, 0.1) is 23.7 Å². The second-order valence-corrected chi connectivity index (χ2v) is 5.65. The molecule has 3 atom stereocenters. The smallest absolute Gasteiger partial charge is 0.228 e. The molecule has 2 aliphatic rings. The molecule has 2 aliphatic carbocycles. The minimum atomic E-state index is -0.448. The molecule has 20 heavy (non-hydrogen) atoms. The Morgan fingerprint density at radius 3 is 3.00 bits per heavy atom. The topological polar surface area (TPSA) is 57.8 Å². The molecule has 102 valence electrons. The third-order valence-corrected chi connectivity index (χ3v) is 4.39. The number of nitrogens with zero attached hydrogens (tertiary/aromatic N) is 1. The number of carbonyl (C=O) groups is 1. The van der Waals surface area contributed by atoms with E-state index < -0.39 is 5.95 Å². The Bertz CT molecular complexity index is 721. The van der Waals surface area contributed by atoms with Crippen LogP contribution in [0.25, 0.3) is 10.9 Å². The van der Waals surface area contributed by atoms with Crippen LogP contribution in [0.5, 0.6) is 0 Å². The van der Waals surface area contributed by atoms with E-state index in [0.29, 0.717) is 28.4 Å². The highest BCUT2D eigenvalue weighted by atomic mass is 19.1. The van der Waals surface area contributed by atoms with Gasteiger partial charge in [-0.15, -0.1) is 0 Å². The van der Waals surface area contributed by atoms with E-state index in [0.717, 1.165) is 12.8 Å². The van der Waals surface area contributed by atoms with Gasteiger partial charge < -0.3 is 5.32 Å². The minimum absolute atomic E-state index is 0.0530. The highest BCUT2D eigenvalue weighted by Gasteiger charge is 2.39. The highest BCUT2D eigenvalue weighted by Crippen LogP contribution is 2.43. The number of carbonyl (C=O) groups excluding carboxylic acids is 1. The predicted octanol–water partition coefficient (Wildman–Crippen LogP) is 2.85. The Kier molecular flexibility index (Phi) is 2.42. The average Bonchev–Trinajstić information content (AvgIpc) is 3.14. The molecule has 1 amide bonds. The van der Waals surface area contributed by atoms with Gasteiger partial charge in [0.25, 0.3) is 0 Å². The molecule has 1 fully saturated rings. The van der Waals surface area contributed by atoms with E-state index in [4.69, 9.17) is 0 Å². The van der Waals surface area contributed by atoms with Crippen LogP contribution in [0.15, 0.2) is 30.4 Å². The number of hydrogen-bond acceptors (Lipinski definition) is 2. The van der Waals surface area contributed by atoms with Gasteiger partial charge in [0, 0.05) is 11.6 Å². The fraction of sp³-hybridized carbons (Fsp3) is 0.333. The number of aromatic amines is 1. The van der Waals surface area contributed by atoms with Crippen LogP contribution in [-0.4, -0.2) is 16.1 Å². The van der Waals surface area contributed by atoms with E-state index in [1.807, 2.05) is 0 Å². The Hall–Kier alpha value is -2.17. The molecule has 2 bridgehead atoms. The number of benzene rings is 1. The number of allylic oxidation sites excluding steroid dienone is 2. The van der Waals surface area contributed by atoms with Gasteiger partial charge >= 0.3 is 0 Å². The maximum atomic E-state index is 13.3. The van der Waals surface area contributed by atoms with Gasteiger partial charge in [-0.1, -0.05) is 12.2 Å². The quantitative estimate of drug-likeness (QED) is 0.825. The summed E-state index contributed by atoms with van der Waals surface area (Å²) < 4.78 is 13.3. The lowest BCUT2D eigenvalue weighted by molar-refractivity contribution is -0.120. The minimum Gasteiger partial charge on any atom is -0.326 e. The maximum absolute atomic E-state index is 13.3. The molecule has 1 aromatic heterocycles. The zero-order valence-electron chi connectivity index (χ0n) is 10.8. The summed E-state index contributed by atoms with van der Waals surface area (Å²) in [6.45, 7) is 0. The summed E-state index contributed by atoms with van der Waals surface area (Å²) in [5.41, 5.74) is 1.19. The van der Waals surface area contributed by atoms with Crippen LogP contribution in [0.3, 0.4) is 0 Å². The monoisotopic (exact) mass is 271 g/mol. The number of halogens is 1. The molecule has 0 saturated heterocycles. The molecule has 4 nitrogen and oxygen atoms in total. The standard InChI is InChI=1S/C15H14FN3O/c16-14-11-4-3-10(7-13(11)18-19-14)17-15(20)12-6-8-1-2-9(12)5-8/h1-4,7-9,12H,5-6H2,(H,17,20)(H,18,19). The largest absolute Gasteiger partial charge is 0.326 e. The van der Waals surface area contributed by atoms with E-state index in [1.165, 1.54) is 0 Å². The van der Waals surface area contributed by atoms with Crippen LogP contribution in [0.4, 0.5) is 10.1 Å². The van der Waals surface area contributed by atoms with Crippen molar-refractivity contribution in [3.05, 3.63) is 36.3 Å². The van der Waals surface area contributed by atoms with Gasteiger partial charge in [-0.05, 0) is 42.9 Å². The zero-order valence-corrected chi connectivity index (χ0v) is 10.8. The Morgan fingerprint density at radius 1 is 1.35 bits per heavy atom. The second-order valence-electron chi connectivity index (χ2n) is 5.65. The summed E-state index contributed by atoms with van der Waals surface area (Å²) in [5, 5.41) is 9.51. The number of rotatable bonds is 2. The Morgan fingerprint density at radius 2 is 2.25 bits per heavy atom. The van der Waals surface area contributed by atoms with Crippen LogP contribution in [-0.2, 0) is 4.79 Å². The number of amides is 1. The van der Waals surface area contributed by atoms with Gasteiger partial charge in [-0.2, -0.15) is 9.49 Å². The molecule has 1 saturated carbocycles. The van der Waals surface area contributed by atoms with Crippen molar-refractivity contribution in [1.29, 1.82) is 0 Å². The molecule has 0 spiro atoms. The van der Waals surface area contributed by atoms with Crippen molar-refractivity contribution in [2.24, 2.45) is 17.8 Å². The summed E-state index contributed by atoms with van der Waals surface area (Å²) in [7, 11) is 0. The average molecular weight is 271 g/mol. The normalized spacial score (nSPS) is 27.4. The maximum Gasteiger partial charge on any atom is 0.228 e. The first-order valence-corrected chi connectivity index (χ1v) is 6.83. The van der Waals surface area contributed by atoms with E-state index in [-0.39, 0.29) is 11.8 Å². The van der Waals surface area contributed by atoms with Crippen molar-refractivity contribution in [2.45, 2.75) is 12.8 Å². The van der Waals surface area contributed by atoms with Crippen molar-refractivity contribution < 1.29 is 9.18 Å². The first kappa shape index (κ1) is 11.6. The Labute approximate surface area is 115 Å². The van der Waals surface area contributed by atoms with Gasteiger partial charge in [0.15, 0.2) is 0 Å². The van der Waals surface area contributed by atoms with E-state index in [9.17, 15) is 9.18 Å². The van der Waals surface area contributed by atoms with E-state index in [1.54, 1.807) is 18.2 Å².